The second-order valence-electron chi connectivity index (χ2n) is 5.86. The molecule has 2 aromatic carbocycles. The molecule has 0 saturated heterocycles. The minimum absolute atomic E-state index is 0.00104. The van der Waals surface area contributed by atoms with Crippen molar-refractivity contribution in [3.05, 3.63) is 82.6 Å². The van der Waals surface area contributed by atoms with Crippen molar-refractivity contribution in [2.24, 2.45) is 0 Å². The lowest BCUT2D eigenvalue weighted by atomic mass is 10.1. The van der Waals surface area contributed by atoms with Gasteiger partial charge in [-0.2, -0.15) is 10.4 Å². The highest BCUT2D eigenvalue weighted by Gasteiger charge is 2.16. The predicted octanol–water partition coefficient (Wildman–Crippen LogP) is 4.26. The Morgan fingerprint density at radius 3 is 2.59 bits per heavy atom. The van der Waals surface area contributed by atoms with Crippen LogP contribution in [-0.4, -0.2) is 26.8 Å². The van der Waals surface area contributed by atoms with Gasteiger partial charge in [-0.05, 0) is 35.9 Å². The van der Waals surface area contributed by atoms with Crippen molar-refractivity contribution < 1.29 is 4.79 Å². The van der Waals surface area contributed by atoms with Crippen LogP contribution in [0.2, 0.25) is 5.02 Å². The molecule has 0 aliphatic rings. The Morgan fingerprint density at radius 1 is 1.15 bits per heavy atom. The van der Waals surface area contributed by atoms with E-state index in [0.29, 0.717) is 23.7 Å². The van der Waals surface area contributed by atoms with Crippen LogP contribution in [0.15, 0.2) is 65.7 Å². The molecule has 3 aromatic rings. The molecule has 0 fully saturated rings. The number of aromatic amines is 1. The van der Waals surface area contributed by atoms with Crippen molar-refractivity contribution in [3.63, 3.8) is 0 Å². The number of H-pyrrole nitrogens is 1. The van der Waals surface area contributed by atoms with Gasteiger partial charge in [0, 0.05) is 17.6 Å². The van der Waals surface area contributed by atoms with E-state index in [0.717, 1.165) is 16.2 Å². The number of amides is 1. The summed E-state index contributed by atoms with van der Waals surface area (Å²) in [6.45, 7) is 0.883. The topological polar surface area (TPSA) is 72.8 Å². The van der Waals surface area contributed by atoms with Crippen molar-refractivity contribution in [3.8, 4) is 6.07 Å². The minimum atomic E-state index is -0.00104. The first-order chi connectivity index (χ1) is 13.2. The van der Waals surface area contributed by atoms with Crippen molar-refractivity contribution in [1.82, 2.24) is 15.1 Å². The molecule has 1 aromatic heterocycles. The molecule has 0 aliphatic heterocycles. The molecule has 1 N–H and O–H groups in total. The number of rotatable bonds is 7. The molecule has 3 rings (SSSR count). The van der Waals surface area contributed by atoms with E-state index in [4.69, 9.17) is 16.9 Å². The molecule has 5 nitrogen and oxygen atoms in total. The highest BCUT2D eigenvalue weighted by atomic mass is 35.5. The molecule has 27 heavy (non-hydrogen) atoms. The summed E-state index contributed by atoms with van der Waals surface area (Å²) in [5.74, 6) is 0.285. The molecule has 136 valence electrons. The first-order valence-electron chi connectivity index (χ1n) is 8.28. The third-order valence-electron chi connectivity index (χ3n) is 3.92. The molecule has 0 atom stereocenters. The maximum absolute atomic E-state index is 12.9. The molecule has 1 heterocycles. The van der Waals surface area contributed by atoms with Gasteiger partial charge in [0.1, 0.15) is 0 Å². The molecular weight excluding hydrogens is 380 g/mol. The fraction of sp³-hybridized carbons (Fsp3) is 0.150. The van der Waals surface area contributed by atoms with Crippen LogP contribution in [0.3, 0.4) is 0 Å². The zero-order chi connectivity index (χ0) is 19.1. The standard InChI is InChI=1S/C20H17ClN4OS/c21-18-3-1-2-4-19(18)27-14-20(26)25(13-17-9-10-23-24-17)12-16-7-5-15(11-22)6-8-16/h1-10H,12-14H2,(H,23,24). The molecule has 0 unspecified atom stereocenters. The fourth-order valence-corrected chi connectivity index (χ4v) is 3.65. The van der Waals surface area contributed by atoms with Crippen LogP contribution in [0, 0.1) is 11.3 Å². The largest absolute Gasteiger partial charge is 0.332 e. The van der Waals surface area contributed by atoms with Crippen molar-refractivity contribution in [2.75, 3.05) is 5.75 Å². The van der Waals surface area contributed by atoms with E-state index < -0.39 is 0 Å². The Kier molecular flexibility index (Phi) is 6.53. The van der Waals surface area contributed by atoms with E-state index in [1.807, 2.05) is 42.5 Å². The number of benzene rings is 2. The van der Waals surface area contributed by atoms with Gasteiger partial charge in [0.05, 0.1) is 34.6 Å². The van der Waals surface area contributed by atoms with Gasteiger partial charge >= 0.3 is 0 Å². The van der Waals surface area contributed by atoms with Gasteiger partial charge in [-0.3, -0.25) is 9.89 Å². The molecule has 0 aliphatic carbocycles. The summed E-state index contributed by atoms with van der Waals surface area (Å²) in [4.78, 5) is 15.5. The number of nitrogens with zero attached hydrogens (tertiary/aromatic N) is 3. The third kappa shape index (κ3) is 5.36. The second kappa shape index (κ2) is 9.26. The van der Waals surface area contributed by atoms with Crippen LogP contribution < -0.4 is 0 Å². The SMILES string of the molecule is N#Cc1ccc(CN(Cc2ccn[nH]2)C(=O)CSc2ccccc2Cl)cc1. The molecule has 7 heteroatoms. The van der Waals surface area contributed by atoms with Gasteiger partial charge in [-0.25, -0.2) is 0 Å². The number of hydrogen-bond acceptors (Lipinski definition) is 4. The van der Waals surface area contributed by atoms with Gasteiger partial charge in [0.2, 0.25) is 5.91 Å². The van der Waals surface area contributed by atoms with Gasteiger partial charge in [0.25, 0.3) is 0 Å². The number of nitrogens with one attached hydrogen (secondary N) is 1. The molecule has 1 amide bonds. The average molecular weight is 397 g/mol. The normalized spacial score (nSPS) is 10.4. The van der Waals surface area contributed by atoms with E-state index >= 15 is 0 Å². The lowest BCUT2D eigenvalue weighted by Crippen LogP contribution is -2.31. The van der Waals surface area contributed by atoms with Crippen LogP contribution >= 0.6 is 23.4 Å². The van der Waals surface area contributed by atoms with Crippen LogP contribution in [0.5, 0.6) is 0 Å². The van der Waals surface area contributed by atoms with Crippen LogP contribution in [0.25, 0.3) is 0 Å². The Hall–Kier alpha value is -2.75. The van der Waals surface area contributed by atoms with Gasteiger partial charge < -0.3 is 4.90 Å². The van der Waals surface area contributed by atoms with Crippen molar-refractivity contribution in [1.29, 1.82) is 5.26 Å². The summed E-state index contributed by atoms with van der Waals surface area (Å²) in [6, 6.07) is 18.7. The summed E-state index contributed by atoms with van der Waals surface area (Å²) >= 11 is 7.60. The second-order valence-corrected chi connectivity index (χ2v) is 7.28. The van der Waals surface area contributed by atoms with Gasteiger partial charge in [-0.1, -0.05) is 35.9 Å². The number of halogens is 1. The monoisotopic (exact) mass is 396 g/mol. The first-order valence-corrected chi connectivity index (χ1v) is 9.64. The summed E-state index contributed by atoms with van der Waals surface area (Å²) < 4.78 is 0. The van der Waals surface area contributed by atoms with E-state index in [-0.39, 0.29) is 11.7 Å². The predicted molar refractivity (Wildman–Crippen MR) is 106 cm³/mol. The van der Waals surface area contributed by atoms with Crippen LogP contribution in [0.1, 0.15) is 16.8 Å². The fourth-order valence-electron chi connectivity index (χ4n) is 2.51. The quantitative estimate of drug-likeness (QED) is 0.606. The maximum Gasteiger partial charge on any atom is 0.233 e. The number of aromatic nitrogens is 2. The summed E-state index contributed by atoms with van der Waals surface area (Å²) in [5, 5.41) is 16.4. The summed E-state index contributed by atoms with van der Waals surface area (Å²) in [7, 11) is 0. The third-order valence-corrected chi connectivity index (χ3v) is 5.42. The summed E-state index contributed by atoms with van der Waals surface area (Å²) in [6.07, 6.45) is 1.66. The molecule has 0 radical (unpaired) electrons. The maximum atomic E-state index is 12.9. The zero-order valence-corrected chi connectivity index (χ0v) is 16.0. The van der Waals surface area contributed by atoms with E-state index in [2.05, 4.69) is 16.3 Å². The number of hydrogen-bond donors (Lipinski definition) is 1. The van der Waals surface area contributed by atoms with E-state index in [1.165, 1.54) is 11.8 Å². The smallest absolute Gasteiger partial charge is 0.233 e. The van der Waals surface area contributed by atoms with E-state index in [1.54, 1.807) is 23.2 Å². The number of nitriles is 1. The molecule has 0 spiro atoms. The minimum Gasteiger partial charge on any atom is -0.332 e. The Balaban J connectivity index is 1.71. The summed E-state index contributed by atoms with van der Waals surface area (Å²) in [5.41, 5.74) is 2.42. The van der Waals surface area contributed by atoms with E-state index in [9.17, 15) is 4.79 Å². The van der Waals surface area contributed by atoms with Gasteiger partial charge in [-0.15, -0.1) is 11.8 Å². The lowest BCUT2D eigenvalue weighted by Gasteiger charge is -2.22. The molecule has 0 saturated carbocycles. The van der Waals surface area contributed by atoms with Crippen LogP contribution in [-0.2, 0) is 17.9 Å². The number of carbonyl (C=O) groups is 1. The van der Waals surface area contributed by atoms with Gasteiger partial charge in [0.15, 0.2) is 0 Å². The van der Waals surface area contributed by atoms with Crippen LogP contribution in [0.4, 0.5) is 0 Å². The Bertz CT molecular complexity index is 935. The highest BCUT2D eigenvalue weighted by molar-refractivity contribution is 8.00. The zero-order valence-electron chi connectivity index (χ0n) is 14.4. The number of thioether (sulfide) groups is 1. The number of carbonyl (C=O) groups excluding carboxylic acids is 1. The average Bonchev–Trinajstić information content (AvgIpc) is 3.20. The van der Waals surface area contributed by atoms with Crippen molar-refractivity contribution in [2.45, 2.75) is 18.0 Å². The molecule has 0 bridgehead atoms. The molecular formula is C20H17ClN4OS. The van der Waals surface area contributed by atoms with Crippen molar-refractivity contribution >= 4 is 29.3 Å². The lowest BCUT2D eigenvalue weighted by molar-refractivity contribution is -0.129. The Labute approximate surface area is 167 Å². The highest BCUT2D eigenvalue weighted by Crippen LogP contribution is 2.27. The Morgan fingerprint density at radius 2 is 1.93 bits per heavy atom. The first kappa shape index (κ1) is 19.0.